The highest BCUT2D eigenvalue weighted by molar-refractivity contribution is 6.02. The van der Waals surface area contributed by atoms with Crippen LogP contribution in [-0.4, -0.2) is 0 Å². The van der Waals surface area contributed by atoms with Crippen LogP contribution < -0.4 is 0 Å². The van der Waals surface area contributed by atoms with Crippen molar-refractivity contribution in [2.45, 2.75) is 13.3 Å². The molecule has 0 aliphatic heterocycles. The molecule has 0 aliphatic rings. The Morgan fingerprint density at radius 2 is 1.39 bits per heavy atom. The molecule has 0 radical (unpaired) electrons. The van der Waals surface area contributed by atoms with Gasteiger partial charge in [-0.15, -0.1) is 0 Å². The molecule has 3 aromatic rings. The average Bonchev–Trinajstić information content (AvgIpc) is 2.43. The Hall–Kier alpha value is -2.08. The first kappa shape index (κ1) is 11.0. The molecule has 3 aromatic carbocycles. The van der Waals surface area contributed by atoms with E-state index in [1.54, 1.807) is 0 Å². The Morgan fingerprint density at radius 3 is 1.94 bits per heavy atom. The van der Waals surface area contributed by atoms with Gasteiger partial charge >= 0.3 is 0 Å². The normalized spacial score (nSPS) is 11.6. The van der Waals surface area contributed by atoms with Crippen LogP contribution in [0.2, 0.25) is 0 Å². The van der Waals surface area contributed by atoms with Gasteiger partial charge in [-0.05, 0) is 46.5 Å². The second kappa shape index (κ2) is 4.66. The summed E-state index contributed by atoms with van der Waals surface area (Å²) in [5.41, 5.74) is 1.43. The molecule has 0 atom stereocenters. The van der Waals surface area contributed by atoms with Gasteiger partial charge in [-0.2, -0.15) is 0 Å². The van der Waals surface area contributed by atoms with E-state index in [2.05, 4.69) is 73.7 Å². The fourth-order valence-electron chi connectivity index (χ4n) is 2.56. The van der Waals surface area contributed by atoms with Crippen molar-refractivity contribution in [2.24, 2.45) is 0 Å². The molecule has 0 spiro atoms. The van der Waals surface area contributed by atoms with Crippen molar-refractivity contribution in [3.05, 3.63) is 72.3 Å². The van der Waals surface area contributed by atoms with Gasteiger partial charge in [0.1, 0.15) is 0 Å². The summed E-state index contributed by atoms with van der Waals surface area (Å²) in [5, 5.41) is 5.40. The number of fused-ring (bicyclic) bond motifs is 2. The van der Waals surface area contributed by atoms with Gasteiger partial charge in [0.15, 0.2) is 0 Å². The maximum absolute atomic E-state index is 2.28. The molecule has 3 rings (SSSR count). The number of hydrogen-bond acceptors (Lipinski definition) is 0. The fraction of sp³-hybridized carbons (Fsp3) is 0.111. The van der Waals surface area contributed by atoms with Gasteiger partial charge < -0.3 is 0 Å². The third-order valence-electron chi connectivity index (χ3n) is 3.44. The van der Waals surface area contributed by atoms with Crippen LogP contribution in [0.5, 0.6) is 0 Å². The van der Waals surface area contributed by atoms with Gasteiger partial charge in [0.25, 0.3) is 0 Å². The van der Waals surface area contributed by atoms with Crippen LogP contribution in [0.4, 0.5) is 0 Å². The lowest BCUT2D eigenvalue weighted by atomic mass is 9.95. The molecular formula is C18H16. The minimum absolute atomic E-state index is 0.998. The molecule has 88 valence electrons. The van der Waals surface area contributed by atoms with Gasteiger partial charge in [0, 0.05) is 0 Å². The fourth-order valence-corrected chi connectivity index (χ4v) is 2.56. The van der Waals surface area contributed by atoms with Crippen LogP contribution in [0.25, 0.3) is 21.5 Å². The standard InChI is InChI=1S/C18H16/c1-2-3-10-18-16-11-6-4-8-14(16)13-15-9-5-7-12-17(15)18/h2-9,11-13H,10H2,1H3. The van der Waals surface area contributed by atoms with Crippen molar-refractivity contribution in [1.29, 1.82) is 0 Å². The Kier molecular flexibility index (Phi) is 2.85. The summed E-state index contributed by atoms with van der Waals surface area (Å²) < 4.78 is 0. The quantitative estimate of drug-likeness (QED) is 0.425. The van der Waals surface area contributed by atoms with E-state index in [1.165, 1.54) is 27.1 Å². The summed E-state index contributed by atoms with van der Waals surface area (Å²) in [7, 11) is 0. The molecule has 18 heavy (non-hydrogen) atoms. The second-order valence-corrected chi connectivity index (χ2v) is 4.57. The van der Waals surface area contributed by atoms with E-state index in [9.17, 15) is 0 Å². The lowest BCUT2D eigenvalue weighted by Gasteiger charge is -2.09. The lowest BCUT2D eigenvalue weighted by molar-refractivity contribution is 1.32. The van der Waals surface area contributed by atoms with Gasteiger partial charge in [0.2, 0.25) is 0 Å². The zero-order valence-corrected chi connectivity index (χ0v) is 10.6. The molecular weight excluding hydrogens is 216 g/mol. The van der Waals surface area contributed by atoms with Crippen LogP contribution in [0.3, 0.4) is 0 Å². The molecule has 0 fully saturated rings. The lowest BCUT2D eigenvalue weighted by Crippen LogP contribution is -1.88. The SMILES string of the molecule is CC=CCc1c2ccccc2cc2ccccc12. The zero-order valence-electron chi connectivity index (χ0n) is 10.6. The van der Waals surface area contributed by atoms with E-state index >= 15 is 0 Å². The Morgan fingerprint density at radius 1 is 0.833 bits per heavy atom. The summed E-state index contributed by atoms with van der Waals surface area (Å²) in [4.78, 5) is 0. The zero-order chi connectivity index (χ0) is 12.4. The van der Waals surface area contributed by atoms with Crippen molar-refractivity contribution in [3.8, 4) is 0 Å². The first-order valence-electron chi connectivity index (χ1n) is 6.40. The van der Waals surface area contributed by atoms with Gasteiger partial charge in [-0.3, -0.25) is 0 Å². The minimum Gasteiger partial charge on any atom is -0.0913 e. The molecule has 0 aliphatic carbocycles. The van der Waals surface area contributed by atoms with Crippen molar-refractivity contribution >= 4 is 21.5 Å². The molecule has 0 heterocycles. The van der Waals surface area contributed by atoms with Crippen LogP contribution >= 0.6 is 0 Å². The molecule has 0 aromatic heterocycles. The van der Waals surface area contributed by atoms with E-state index in [0.717, 1.165) is 6.42 Å². The maximum atomic E-state index is 2.28. The highest BCUT2D eigenvalue weighted by Gasteiger charge is 2.05. The molecule has 0 N–H and O–H groups in total. The number of hydrogen-bond donors (Lipinski definition) is 0. The van der Waals surface area contributed by atoms with Crippen LogP contribution in [0, 0.1) is 0 Å². The van der Waals surface area contributed by atoms with Crippen molar-refractivity contribution in [1.82, 2.24) is 0 Å². The first-order valence-corrected chi connectivity index (χ1v) is 6.40. The van der Waals surface area contributed by atoms with Gasteiger partial charge in [-0.1, -0.05) is 60.7 Å². The third-order valence-corrected chi connectivity index (χ3v) is 3.44. The molecule has 0 nitrogen and oxygen atoms in total. The predicted octanol–water partition coefficient (Wildman–Crippen LogP) is 5.11. The predicted molar refractivity (Wildman–Crippen MR) is 80.0 cm³/mol. The van der Waals surface area contributed by atoms with Crippen LogP contribution in [0.1, 0.15) is 12.5 Å². The van der Waals surface area contributed by atoms with Gasteiger partial charge in [-0.25, -0.2) is 0 Å². The Labute approximate surface area is 108 Å². The number of rotatable bonds is 2. The smallest absolute Gasteiger partial charge is 0.00852 e. The summed E-state index contributed by atoms with van der Waals surface area (Å²) >= 11 is 0. The van der Waals surface area contributed by atoms with Crippen molar-refractivity contribution in [2.75, 3.05) is 0 Å². The second-order valence-electron chi connectivity index (χ2n) is 4.57. The minimum atomic E-state index is 0.998. The molecule has 0 heteroatoms. The van der Waals surface area contributed by atoms with Gasteiger partial charge in [0.05, 0.1) is 0 Å². The maximum Gasteiger partial charge on any atom is -0.00852 e. The van der Waals surface area contributed by atoms with E-state index in [-0.39, 0.29) is 0 Å². The van der Waals surface area contributed by atoms with E-state index in [0.29, 0.717) is 0 Å². The van der Waals surface area contributed by atoms with Crippen LogP contribution in [0.15, 0.2) is 66.7 Å². The van der Waals surface area contributed by atoms with Crippen molar-refractivity contribution in [3.63, 3.8) is 0 Å². The largest absolute Gasteiger partial charge is 0.0913 e. The molecule has 0 bridgehead atoms. The topological polar surface area (TPSA) is 0 Å². The molecule has 0 saturated carbocycles. The Bertz CT molecular complexity index is 666. The van der Waals surface area contributed by atoms with Crippen molar-refractivity contribution < 1.29 is 0 Å². The summed E-state index contributed by atoms with van der Waals surface area (Å²) in [6.45, 7) is 2.08. The number of benzene rings is 3. The summed E-state index contributed by atoms with van der Waals surface area (Å²) in [6, 6.07) is 19.6. The third kappa shape index (κ3) is 1.80. The van der Waals surface area contributed by atoms with Crippen LogP contribution in [-0.2, 0) is 6.42 Å². The highest BCUT2D eigenvalue weighted by atomic mass is 14.1. The van der Waals surface area contributed by atoms with E-state index in [1.807, 2.05) is 0 Å². The Balaban J connectivity index is 2.41. The van der Waals surface area contributed by atoms with E-state index in [4.69, 9.17) is 0 Å². The average molecular weight is 232 g/mol. The first-order chi connectivity index (χ1) is 8.90. The summed E-state index contributed by atoms with van der Waals surface area (Å²) in [6.07, 6.45) is 5.35. The molecule has 0 amide bonds. The molecule has 0 saturated heterocycles. The number of allylic oxidation sites excluding steroid dienone is 2. The monoisotopic (exact) mass is 232 g/mol. The van der Waals surface area contributed by atoms with E-state index < -0.39 is 0 Å². The highest BCUT2D eigenvalue weighted by Crippen LogP contribution is 2.28. The molecule has 0 unspecified atom stereocenters. The summed E-state index contributed by atoms with van der Waals surface area (Å²) in [5.74, 6) is 0.